The first kappa shape index (κ1) is 22.7. The number of carbonyl (C=O) groups excluding carboxylic acids is 1. The van der Waals surface area contributed by atoms with Crippen molar-refractivity contribution >= 4 is 35.0 Å². The van der Waals surface area contributed by atoms with Gasteiger partial charge < -0.3 is 14.8 Å². The van der Waals surface area contributed by atoms with Crippen molar-refractivity contribution in [2.45, 2.75) is 11.8 Å². The predicted molar refractivity (Wildman–Crippen MR) is 129 cm³/mol. The van der Waals surface area contributed by atoms with Gasteiger partial charge in [0.05, 0.1) is 12.9 Å². The summed E-state index contributed by atoms with van der Waals surface area (Å²) >= 11 is 7.19. The summed E-state index contributed by atoms with van der Waals surface area (Å²) < 4.78 is 13.2. The van der Waals surface area contributed by atoms with E-state index >= 15 is 0 Å². The van der Waals surface area contributed by atoms with Crippen LogP contribution in [0.3, 0.4) is 0 Å². The number of benzene rings is 3. The van der Waals surface area contributed by atoms with Crippen LogP contribution in [0.1, 0.15) is 5.82 Å². The van der Waals surface area contributed by atoms with Gasteiger partial charge in [-0.3, -0.25) is 9.36 Å². The smallest absolute Gasteiger partial charge is 0.234 e. The number of rotatable bonds is 9. The zero-order chi connectivity index (χ0) is 23.0. The predicted octanol–water partition coefficient (Wildman–Crippen LogP) is 5.24. The second-order valence-corrected chi connectivity index (χ2v) is 8.23. The third-order valence-corrected chi connectivity index (χ3v) is 5.78. The van der Waals surface area contributed by atoms with E-state index in [9.17, 15) is 4.79 Å². The van der Waals surface area contributed by atoms with Crippen LogP contribution in [0.15, 0.2) is 84.0 Å². The molecule has 0 spiro atoms. The highest BCUT2D eigenvalue weighted by Gasteiger charge is 2.17. The van der Waals surface area contributed by atoms with Crippen molar-refractivity contribution in [1.82, 2.24) is 14.8 Å². The molecule has 4 aromatic rings. The van der Waals surface area contributed by atoms with Crippen molar-refractivity contribution in [3.05, 3.63) is 89.7 Å². The molecule has 7 nitrogen and oxygen atoms in total. The van der Waals surface area contributed by atoms with Crippen LogP contribution in [0, 0.1) is 0 Å². The van der Waals surface area contributed by atoms with Gasteiger partial charge in [0, 0.05) is 16.4 Å². The summed E-state index contributed by atoms with van der Waals surface area (Å²) in [6, 6.07) is 24.1. The number of methoxy groups -OCH3 is 1. The Morgan fingerprint density at radius 3 is 2.39 bits per heavy atom. The van der Waals surface area contributed by atoms with E-state index in [0.717, 1.165) is 5.69 Å². The van der Waals surface area contributed by atoms with Crippen molar-refractivity contribution in [3.8, 4) is 17.2 Å². The van der Waals surface area contributed by atoms with E-state index in [1.165, 1.54) is 11.8 Å². The third kappa shape index (κ3) is 5.85. The molecule has 0 aliphatic carbocycles. The van der Waals surface area contributed by atoms with E-state index in [1.54, 1.807) is 31.4 Å². The summed E-state index contributed by atoms with van der Waals surface area (Å²) in [5.74, 6) is 1.86. The van der Waals surface area contributed by atoms with E-state index in [0.29, 0.717) is 33.2 Å². The topological polar surface area (TPSA) is 78.3 Å². The van der Waals surface area contributed by atoms with Gasteiger partial charge in [0.2, 0.25) is 5.91 Å². The van der Waals surface area contributed by atoms with Crippen LogP contribution < -0.4 is 14.8 Å². The maximum Gasteiger partial charge on any atom is 0.234 e. The molecule has 1 heterocycles. The number of nitrogens with one attached hydrogen (secondary N) is 1. The van der Waals surface area contributed by atoms with Gasteiger partial charge in [-0.1, -0.05) is 53.7 Å². The third-order valence-electron chi connectivity index (χ3n) is 4.60. The van der Waals surface area contributed by atoms with E-state index in [1.807, 2.05) is 59.2 Å². The number of hydrogen-bond acceptors (Lipinski definition) is 6. The molecule has 0 saturated heterocycles. The van der Waals surface area contributed by atoms with Gasteiger partial charge in [-0.05, 0) is 48.5 Å². The van der Waals surface area contributed by atoms with Gasteiger partial charge in [-0.2, -0.15) is 0 Å². The number of aromatic nitrogens is 3. The highest BCUT2D eigenvalue weighted by atomic mass is 35.5. The maximum absolute atomic E-state index is 12.4. The molecule has 0 bridgehead atoms. The standard InChI is InChI=1S/C24H21ClN4O3S/c1-31-20-9-5-6-10-21(20)32-15-22-27-28-24(29(22)19-7-3-2-4-8-19)33-16-23(30)26-18-13-11-17(25)12-14-18/h2-14H,15-16H2,1H3,(H,26,30). The van der Waals surface area contributed by atoms with Crippen LogP contribution in [-0.4, -0.2) is 33.5 Å². The Bertz CT molecular complexity index is 1220. The molecule has 0 saturated carbocycles. The summed E-state index contributed by atoms with van der Waals surface area (Å²) in [4.78, 5) is 12.4. The molecule has 33 heavy (non-hydrogen) atoms. The Morgan fingerprint density at radius 1 is 0.970 bits per heavy atom. The molecule has 0 radical (unpaired) electrons. The number of nitrogens with zero attached hydrogens (tertiary/aromatic N) is 3. The largest absolute Gasteiger partial charge is 0.493 e. The monoisotopic (exact) mass is 480 g/mol. The highest BCUT2D eigenvalue weighted by Crippen LogP contribution is 2.28. The first-order chi connectivity index (χ1) is 16.1. The lowest BCUT2D eigenvalue weighted by atomic mass is 10.3. The summed E-state index contributed by atoms with van der Waals surface area (Å²) in [5, 5.41) is 12.7. The molecule has 9 heteroatoms. The second kappa shape index (κ2) is 10.9. The van der Waals surface area contributed by atoms with Gasteiger partial charge in [0.1, 0.15) is 6.61 Å². The van der Waals surface area contributed by atoms with Crippen molar-refractivity contribution in [1.29, 1.82) is 0 Å². The fourth-order valence-corrected chi connectivity index (χ4v) is 3.96. The Kier molecular flexibility index (Phi) is 7.49. The molecule has 0 aliphatic rings. The zero-order valence-corrected chi connectivity index (χ0v) is 19.3. The molecule has 1 aromatic heterocycles. The van der Waals surface area contributed by atoms with E-state index in [2.05, 4.69) is 15.5 Å². The number of para-hydroxylation sites is 3. The summed E-state index contributed by atoms with van der Waals surface area (Å²) in [6.07, 6.45) is 0. The summed E-state index contributed by atoms with van der Waals surface area (Å²) in [6.45, 7) is 0.180. The minimum Gasteiger partial charge on any atom is -0.493 e. The summed E-state index contributed by atoms with van der Waals surface area (Å²) in [5.41, 5.74) is 1.56. The molecule has 3 aromatic carbocycles. The van der Waals surface area contributed by atoms with Crippen LogP contribution in [0.2, 0.25) is 5.02 Å². The highest BCUT2D eigenvalue weighted by molar-refractivity contribution is 7.99. The lowest BCUT2D eigenvalue weighted by Gasteiger charge is -2.12. The van der Waals surface area contributed by atoms with Crippen molar-refractivity contribution < 1.29 is 14.3 Å². The zero-order valence-electron chi connectivity index (χ0n) is 17.8. The average molecular weight is 481 g/mol. The van der Waals surface area contributed by atoms with Gasteiger partial charge in [0.15, 0.2) is 22.5 Å². The quantitative estimate of drug-likeness (QED) is 0.330. The average Bonchev–Trinajstić information content (AvgIpc) is 3.26. The van der Waals surface area contributed by atoms with Crippen molar-refractivity contribution in [3.63, 3.8) is 0 Å². The molecular weight excluding hydrogens is 460 g/mol. The van der Waals surface area contributed by atoms with Gasteiger partial charge in [0.25, 0.3) is 0 Å². The first-order valence-corrected chi connectivity index (χ1v) is 11.4. The van der Waals surface area contributed by atoms with E-state index in [4.69, 9.17) is 21.1 Å². The van der Waals surface area contributed by atoms with Crippen molar-refractivity contribution in [2.24, 2.45) is 0 Å². The number of halogens is 1. The lowest BCUT2D eigenvalue weighted by molar-refractivity contribution is -0.113. The molecule has 4 rings (SSSR count). The number of thioether (sulfide) groups is 1. The second-order valence-electron chi connectivity index (χ2n) is 6.85. The molecule has 168 valence electrons. The minimum absolute atomic E-state index is 0.156. The fraction of sp³-hybridized carbons (Fsp3) is 0.125. The normalized spacial score (nSPS) is 10.6. The molecule has 1 amide bonds. The number of anilines is 1. The van der Waals surface area contributed by atoms with Crippen LogP contribution in [0.5, 0.6) is 11.5 Å². The Morgan fingerprint density at radius 2 is 1.67 bits per heavy atom. The number of amides is 1. The van der Waals surface area contributed by atoms with Crippen LogP contribution in [-0.2, 0) is 11.4 Å². The van der Waals surface area contributed by atoms with Crippen LogP contribution in [0.25, 0.3) is 5.69 Å². The number of carbonyl (C=O) groups is 1. The lowest BCUT2D eigenvalue weighted by Crippen LogP contribution is -2.14. The van der Waals surface area contributed by atoms with Gasteiger partial charge in [-0.25, -0.2) is 0 Å². The van der Waals surface area contributed by atoms with Crippen molar-refractivity contribution in [2.75, 3.05) is 18.2 Å². The molecule has 0 unspecified atom stereocenters. The van der Waals surface area contributed by atoms with Gasteiger partial charge in [-0.15, -0.1) is 10.2 Å². The first-order valence-electron chi connectivity index (χ1n) is 10.1. The van der Waals surface area contributed by atoms with E-state index < -0.39 is 0 Å². The van der Waals surface area contributed by atoms with Crippen LogP contribution >= 0.6 is 23.4 Å². The minimum atomic E-state index is -0.156. The number of hydrogen-bond donors (Lipinski definition) is 1. The van der Waals surface area contributed by atoms with Gasteiger partial charge >= 0.3 is 0 Å². The molecule has 0 aliphatic heterocycles. The number of ether oxygens (including phenoxy) is 2. The molecule has 1 N–H and O–H groups in total. The summed E-state index contributed by atoms with van der Waals surface area (Å²) in [7, 11) is 1.60. The SMILES string of the molecule is COc1ccccc1OCc1nnc(SCC(=O)Nc2ccc(Cl)cc2)n1-c1ccccc1. The Labute approximate surface area is 200 Å². The fourth-order valence-electron chi connectivity index (χ4n) is 3.06. The maximum atomic E-state index is 12.4. The molecule has 0 fully saturated rings. The van der Waals surface area contributed by atoms with E-state index in [-0.39, 0.29) is 18.3 Å². The Balaban J connectivity index is 1.50. The Hall–Kier alpha value is -3.49. The molecule has 0 atom stereocenters. The molecular formula is C24H21ClN4O3S. The van der Waals surface area contributed by atoms with Crippen LogP contribution in [0.4, 0.5) is 5.69 Å².